The minimum atomic E-state index is -3.13. The van der Waals surface area contributed by atoms with Gasteiger partial charge in [0.25, 0.3) is 0 Å². The van der Waals surface area contributed by atoms with Gasteiger partial charge >= 0.3 is 0 Å². The van der Waals surface area contributed by atoms with Gasteiger partial charge in [0.15, 0.2) is 0 Å². The first-order chi connectivity index (χ1) is 5.77. The van der Waals surface area contributed by atoms with Gasteiger partial charge < -0.3 is 5.73 Å². The molecular formula is C8H20N2O2S. The Morgan fingerprint density at radius 3 is 2.23 bits per heavy atom. The second kappa shape index (κ2) is 4.93. The molecule has 0 fully saturated rings. The molecule has 0 aromatic heterocycles. The van der Waals surface area contributed by atoms with Crippen molar-refractivity contribution in [2.75, 3.05) is 18.8 Å². The Labute approximate surface area is 80.9 Å². The number of sulfonamides is 1. The van der Waals surface area contributed by atoms with Crippen LogP contribution in [0.25, 0.3) is 0 Å². The Morgan fingerprint density at radius 2 is 1.85 bits per heavy atom. The Hall–Kier alpha value is -0.130. The van der Waals surface area contributed by atoms with Crippen LogP contribution in [0.5, 0.6) is 0 Å². The normalized spacial score (nSPS) is 13.2. The van der Waals surface area contributed by atoms with E-state index in [1.165, 1.54) is 0 Å². The molecule has 0 heterocycles. The lowest BCUT2D eigenvalue weighted by Gasteiger charge is -2.17. The summed E-state index contributed by atoms with van der Waals surface area (Å²) in [5, 5.41) is 0. The van der Waals surface area contributed by atoms with Gasteiger partial charge in [0.05, 0.1) is 5.75 Å². The largest absolute Gasteiger partial charge is 0.329 e. The summed E-state index contributed by atoms with van der Waals surface area (Å²) in [7, 11) is -3.13. The van der Waals surface area contributed by atoms with Crippen LogP contribution in [0.1, 0.15) is 27.2 Å². The SMILES string of the molecule is CC(C)(C)CCNS(=O)(=O)CCN. The van der Waals surface area contributed by atoms with Gasteiger partial charge in [-0.25, -0.2) is 13.1 Å². The van der Waals surface area contributed by atoms with Crippen LogP contribution in [0, 0.1) is 5.41 Å². The summed E-state index contributed by atoms with van der Waals surface area (Å²) in [6.45, 7) is 6.88. The monoisotopic (exact) mass is 208 g/mol. The molecule has 0 radical (unpaired) electrons. The van der Waals surface area contributed by atoms with E-state index in [1.54, 1.807) is 0 Å². The van der Waals surface area contributed by atoms with E-state index in [0.29, 0.717) is 6.54 Å². The van der Waals surface area contributed by atoms with E-state index in [-0.39, 0.29) is 17.7 Å². The van der Waals surface area contributed by atoms with Gasteiger partial charge in [-0.1, -0.05) is 20.8 Å². The zero-order valence-electron chi connectivity index (χ0n) is 8.63. The first-order valence-corrected chi connectivity index (χ1v) is 6.09. The molecule has 0 bridgehead atoms. The fraction of sp³-hybridized carbons (Fsp3) is 1.00. The van der Waals surface area contributed by atoms with Crippen molar-refractivity contribution in [3.63, 3.8) is 0 Å². The molecule has 5 heteroatoms. The maximum atomic E-state index is 11.1. The quantitative estimate of drug-likeness (QED) is 0.682. The summed E-state index contributed by atoms with van der Waals surface area (Å²) in [5.74, 6) is 0.0111. The fourth-order valence-electron chi connectivity index (χ4n) is 0.809. The van der Waals surface area contributed by atoms with Crippen molar-refractivity contribution < 1.29 is 8.42 Å². The molecule has 0 aliphatic carbocycles. The van der Waals surface area contributed by atoms with E-state index in [2.05, 4.69) is 25.5 Å². The van der Waals surface area contributed by atoms with Crippen LogP contribution >= 0.6 is 0 Å². The summed E-state index contributed by atoms with van der Waals surface area (Å²) in [6.07, 6.45) is 0.830. The Kier molecular flexibility index (Phi) is 4.88. The minimum absolute atomic E-state index is 0.0111. The maximum absolute atomic E-state index is 11.1. The molecule has 0 aliphatic rings. The Bertz CT molecular complexity index is 229. The summed E-state index contributed by atoms with van der Waals surface area (Å²) in [4.78, 5) is 0. The highest BCUT2D eigenvalue weighted by Gasteiger charge is 2.12. The number of nitrogens with one attached hydrogen (secondary N) is 1. The van der Waals surface area contributed by atoms with Crippen molar-refractivity contribution >= 4 is 10.0 Å². The minimum Gasteiger partial charge on any atom is -0.329 e. The topological polar surface area (TPSA) is 72.2 Å². The second-order valence-electron chi connectivity index (χ2n) is 4.31. The molecule has 4 nitrogen and oxygen atoms in total. The molecule has 0 saturated heterocycles. The molecule has 0 amide bonds. The van der Waals surface area contributed by atoms with Crippen molar-refractivity contribution in [1.29, 1.82) is 0 Å². The van der Waals surface area contributed by atoms with Crippen LogP contribution < -0.4 is 10.5 Å². The molecule has 0 spiro atoms. The van der Waals surface area contributed by atoms with E-state index in [1.807, 2.05) is 0 Å². The van der Waals surface area contributed by atoms with Crippen molar-refractivity contribution in [3.05, 3.63) is 0 Å². The molecule has 0 aromatic carbocycles. The Balaban J connectivity index is 3.77. The summed E-state index contributed by atoms with van der Waals surface area (Å²) in [5.41, 5.74) is 5.31. The van der Waals surface area contributed by atoms with E-state index in [0.717, 1.165) is 6.42 Å². The number of hydrogen-bond donors (Lipinski definition) is 2. The predicted molar refractivity (Wildman–Crippen MR) is 54.9 cm³/mol. The van der Waals surface area contributed by atoms with Crippen molar-refractivity contribution in [3.8, 4) is 0 Å². The molecule has 0 aliphatic heterocycles. The van der Waals surface area contributed by atoms with Crippen molar-refractivity contribution in [2.45, 2.75) is 27.2 Å². The van der Waals surface area contributed by atoms with E-state index >= 15 is 0 Å². The highest BCUT2D eigenvalue weighted by molar-refractivity contribution is 7.89. The van der Waals surface area contributed by atoms with Crippen LogP contribution in [0.4, 0.5) is 0 Å². The third-order valence-corrected chi connectivity index (χ3v) is 3.00. The lowest BCUT2D eigenvalue weighted by Crippen LogP contribution is -2.32. The third-order valence-electron chi connectivity index (χ3n) is 1.58. The second-order valence-corrected chi connectivity index (χ2v) is 6.24. The lowest BCUT2D eigenvalue weighted by molar-refractivity contribution is 0.378. The molecule has 0 rings (SSSR count). The standard InChI is InChI=1S/C8H20N2O2S/c1-8(2,3)4-6-10-13(11,12)7-5-9/h10H,4-7,9H2,1-3H3. The molecule has 0 aromatic rings. The van der Waals surface area contributed by atoms with E-state index < -0.39 is 10.0 Å². The summed E-state index contributed by atoms with van der Waals surface area (Å²) < 4.78 is 24.8. The molecule has 13 heavy (non-hydrogen) atoms. The zero-order valence-corrected chi connectivity index (χ0v) is 9.45. The molecule has 0 unspecified atom stereocenters. The maximum Gasteiger partial charge on any atom is 0.212 e. The summed E-state index contributed by atoms with van der Waals surface area (Å²) in [6, 6.07) is 0. The van der Waals surface area contributed by atoms with Crippen LogP contribution in [-0.4, -0.2) is 27.3 Å². The molecular weight excluding hydrogens is 188 g/mol. The lowest BCUT2D eigenvalue weighted by atomic mass is 9.93. The number of rotatable bonds is 5. The molecule has 80 valence electrons. The Morgan fingerprint density at radius 1 is 1.31 bits per heavy atom. The van der Waals surface area contributed by atoms with E-state index in [9.17, 15) is 8.42 Å². The molecule has 3 N–H and O–H groups in total. The fourth-order valence-corrected chi connectivity index (χ4v) is 1.68. The average Bonchev–Trinajstić information content (AvgIpc) is 1.82. The van der Waals surface area contributed by atoms with Crippen LogP contribution in [0.15, 0.2) is 0 Å². The zero-order chi connectivity index (χ0) is 10.5. The number of nitrogens with two attached hydrogens (primary N) is 1. The van der Waals surface area contributed by atoms with Crippen LogP contribution in [0.3, 0.4) is 0 Å². The van der Waals surface area contributed by atoms with Crippen molar-refractivity contribution in [1.82, 2.24) is 4.72 Å². The first-order valence-electron chi connectivity index (χ1n) is 4.44. The highest BCUT2D eigenvalue weighted by atomic mass is 32.2. The van der Waals surface area contributed by atoms with Gasteiger partial charge in [0.2, 0.25) is 10.0 Å². The van der Waals surface area contributed by atoms with Gasteiger partial charge in [0.1, 0.15) is 0 Å². The van der Waals surface area contributed by atoms with E-state index in [4.69, 9.17) is 5.73 Å². The van der Waals surface area contributed by atoms with Gasteiger partial charge in [-0.2, -0.15) is 0 Å². The van der Waals surface area contributed by atoms with Gasteiger partial charge in [-0.05, 0) is 11.8 Å². The van der Waals surface area contributed by atoms with Crippen LogP contribution in [0.2, 0.25) is 0 Å². The average molecular weight is 208 g/mol. The highest BCUT2D eigenvalue weighted by Crippen LogP contribution is 2.16. The van der Waals surface area contributed by atoms with Crippen LogP contribution in [-0.2, 0) is 10.0 Å². The van der Waals surface area contributed by atoms with Gasteiger partial charge in [-0.15, -0.1) is 0 Å². The summed E-state index contributed by atoms with van der Waals surface area (Å²) >= 11 is 0. The molecule has 0 saturated carbocycles. The first kappa shape index (κ1) is 12.9. The van der Waals surface area contributed by atoms with Gasteiger partial charge in [-0.3, -0.25) is 0 Å². The smallest absolute Gasteiger partial charge is 0.212 e. The third kappa shape index (κ3) is 8.21. The van der Waals surface area contributed by atoms with Gasteiger partial charge in [0, 0.05) is 13.1 Å². The predicted octanol–water partition coefficient (Wildman–Crippen LogP) is 0.301. The molecule has 0 atom stereocenters. The number of hydrogen-bond acceptors (Lipinski definition) is 3. The van der Waals surface area contributed by atoms with Crippen molar-refractivity contribution in [2.24, 2.45) is 11.1 Å².